The Morgan fingerprint density at radius 1 is 1.03 bits per heavy atom. The van der Waals surface area contributed by atoms with Crippen molar-refractivity contribution in [2.45, 2.75) is 31.8 Å². The number of amides is 1. The Balaban J connectivity index is 0.00000480. The lowest BCUT2D eigenvalue weighted by Gasteiger charge is -2.13. The first-order valence-corrected chi connectivity index (χ1v) is 11.6. The highest BCUT2D eigenvalue weighted by Crippen LogP contribution is 2.17. The third-order valence-corrected chi connectivity index (χ3v) is 5.73. The first-order chi connectivity index (χ1) is 14.1. The molecule has 0 aromatic heterocycles. The molecule has 0 fully saturated rings. The van der Waals surface area contributed by atoms with Gasteiger partial charge in [0.05, 0.1) is 11.4 Å². The van der Waals surface area contributed by atoms with Crippen LogP contribution in [0.2, 0.25) is 0 Å². The van der Waals surface area contributed by atoms with Crippen LogP contribution in [-0.4, -0.2) is 52.1 Å². The average Bonchev–Trinajstić information content (AvgIpc) is 2.69. The van der Waals surface area contributed by atoms with Crippen LogP contribution in [0.4, 0.5) is 0 Å². The molecule has 170 valence electrons. The molecule has 1 amide bonds. The number of hydrogen-bond acceptors (Lipinski definition) is 4. The van der Waals surface area contributed by atoms with E-state index in [1.54, 1.807) is 38.1 Å². The third-order valence-electron chi connectivity index (χ3n) is 4.47. The van der Waals surface area contributed by atoms with Crippen molar-refractivity contribution in [2.24, 2.45) is 4.99 Å². The Bertz CT molecular complexity index is 1020. The molecule has 7 nitrogen and oxygen atoms in total. The number of carbonyl (C=O) groups is 1. The molecule has 0 unspecified atom stereocenters. The Morgan fingerprint density at radius 3 is 2.16 bits per heavy atom. The largest absolute Gasteiger partial charge is 0.357 e. The lowest BCUT2D eigenvalue weighted by Crippen LogP contribution is -2.36. The number of halogens is 1. The maximum atomic E-state index is 12.0. The van der Waals surface area contributed by atoms with Gasteiger partial charge in [-0.25, -0.2) is 13.4 Å². The highest BCUT2D eigenvalue weighted by molar-refractivity contribution is 14.0. The fourth-order valence-corrected chi connectivity index (χ4v) is 3.91. The van der Waals surface area contributed by atoms with Crippen molar-refractivity contribution >= 4 is 45.7 Å². The number of nitrogens with one attached hydrogen (secondary N) is 2. The molecule has 31 heavy (non-hydrogen) atoms. The van der Waals surface area contributed by atoms with Crippen molar-refractivity contribution in [2.75, 3.05) is 26.9 Å². The molecule has 2 N–H and O–H groups in total. The van der Waals surface area contributed by atoms with Crippen molar-refractivity contribution in [1.82, 2.24) is 15.5 Å². The second-order valence-electron chi connectivity index (χ2n) is 7.32. The van der Waals surface area contributed by atoms with Gasteiger partial charge in [0.25, 0.3) is 5.91 Å². The van der Waals surface area contributed by atoms with E-state index in [-0.39, 0.29) is 29.9 Å². The van der Waals surface area contributed by atoms with Gasteiger partial charge in [0, 0.05) is 39.0 Å². The average molecular weight is 558 g/mol. The minimum Gasteiger partial charge on any atom is -0.357 e. The molecule has 2 aromatic rings. The summed E-state index contributed by atoms with van der Waals surface area (Å²) in [5.74, 6) is 0.636. The number of aliphatic imine (C=N–C) groups is 1. The molecule has 0 aliphatic carbocycles. The summed E-state index contributed by atoms with van der Waals surface area (Å²) in [4.78, 5) is 18.5. The minimum atomic E-state index is -3.23. The molecule has 0 saturated heterocycles. The second-order valence-corrected chi connectivity index (χ2v) is 9.30. The van der Waals surface area contributed by atoms with E-state index in [0.717, 1.165) is 16.7 Å². The van der Waals surface area contributed by atoms with Gasteiger partial charge in [-0.2, -0.15) is 0 Å². The van der Waals surface area contributed by atoms with E-state index in [2.05, 4.69) is 15.6 Å². The summed E-state index contributed by atoms with van der Waals surface area (Å²) in [7, 11) is 0.232. The van der Waals surface area contributed by atoms with Gasteiger partial charge in [-0.15, -0.1) is 24.0 Å². The second kappa shape index (κ2) is 12.0. The first-order valence-electron chi connectivity index (χ1n) is 9.74. The van der Waals surface area contributed by atoms with E-state index in [4.69, 9.17) is 0 Å². The van der Waals surface area contributed by atoms with E-state index in [0.29, 0.717) is 36.1 Å². The maximum absolute atomic E-state index is 12.0. The smallest absolute Gasteiger partial charge is 0.253 e. The fraction of sp³-hybridized carbons (Fsp3) is 0.364. The highest BCUT2D eigenvalue weighted by Gasteiger charge is 2.11. The topological polar surface area (TPSA) is 90.9 Å². The van der Waals surface area contributed by atoms with Gasteiger partial charge in [0.2, 0.25) is 0 Å². The summed E-state index contributed by atoms with van der Waals surface area (Å²) in [6.45, 7) is 5.49. The summed E-state index contributed by atoms with van der Waals surface area (Å²) in [6, 6.07) is 12.7. The van der Waals surface area contributed by atoms with Gasteiger partial charge in [0.15, 0.2) is 15.8 Å². The summed E-state index contributed by atoms with van der Waals surface area (Å²) in [5, 5.41) is 6.48. The van der Waals surface area contributed by atoms with Gasteiger partial charge in [0.1, 0.15) is 0 Å². The van der Waals surface area contributed by atoms with Crippen molar-refractivity contribution in [3.8, 4) is 0 Å². The van der Waals surface area contributed by atoms with Crippen LogP contribution in [0, 0.1) is 6.92 Å². The molecule has 0 aliphatic rings. The number of nitrogens with zero attached hydrogens (tertiary/aromatic N) is 2. The third kappa shape index (κ3) is 8.13. The lowest BCUT2D eigenvalue weighted by molar-refractivity contribution is 0.0827. The maximum Gasteiger partial charge on any atom is 0.253 e. The van der Waals surface area contributed by atoms with Crippen LogP contribution in [0.25, 0.3) is 0 Å². The Morgan fingerprint density at radius 2 is 1.65 bits per heavy atom. The van der Waals surface area contributed by atoms with Crippen LogP contribution < -0.4 is 10.6 Å². The van der Waals surface area contributed by atoms with Crippen molar-refractivity contribution in [3.63, 3.8) is 0 Å². The van der Waals surface area contributed by atoms with E-state index < -0.39 is 9.84 Å². The summed E-state index contributed by atoms with van der Waals surface area (Å²) >= 11 is 0. The molecule has 0 heterocycles. The van der Waals surface area contributed by atoms with Crippen LogP contribution in [-0.2, 0) is 22.9 Å². The number of carbonyl (C=O) groups excluding carboxylic acids is 1. The van der Waals surface area contributed by atoms with E-state index >= 15 is 0 Å². The van der Waals surface area contributed by atoms with Crippen LogP contribution in [0.1, 0.15) is 34.0 Å². The summed E-state index contributed by atoms with van der Waals surface area (Å²) in [5.41, 5.74) is 3.33. The fourth-order valence-electron chi connectivity index (χ4n) is 2.95. The van der Waals surface area contributed by atoms with Crippen molar-refractivity contribution in [3.05, 3.63) is 64.7 Å². The standard InChI is InChI=1S/C22H30N4O3S.HI/c1-6-23-22(24-14-17-7-10-19(11-8-17)21(27)26(3)4)25-15-18-9-12-20(16(2)13-18)30(5,28)29;/h7-13H,6,14-15H2,1-5H3,(H2,23,24,25);1H. The van der Waals surface area contributed by atoms with Gasteiger partial charge in [-0.05, 0) is 48.7 Å². The monoisotopic (exact) mass is 558 g/mol. The summed E-state index contributed by atoms with van der Waals surface area (Å²) in [6.07, 6.45) is 1.21. The predicted molar refractivity (Wildman–Crippen MR) is 136 cm³/mol. The molecular weight excluding hydrogens is 527 g/mol. The number of sulfone groups is 1. The van der Waals surface area contributed by atoms with E-state index in [9.17, 15) is 13.2 Å². The van der Waals surface area contributed by atoms with Gasteiger partial charge in [-0.3, -0.25) is 4.79 Å². The van der Waals surface area contributed by atoms with Crippen molar-refractivity contribution in [1.29, 1.82) is 0 Å². The number of rotatable bonds is 7. The zero-order chi connectivity index (χ0) is 22.3. The lowest BCUT2D eigenvalue weighted by atomic mass is 10.1. The molecule has 2 rings (SSSR count). The zero-order valence-corrected chi connectivity index (χ0v) is 21.7. The summed E-state index contributed by atoms with van der Waals surface area (Å²) < 4.78 is 23.5. The van der Waals surface area contributed by atoms with Crippen LogP contribution in [0.5, 0.6) is 0 Å². The number of aryl methyl sites for hydroxylation is 1. The molecule has 0 aliphatic heterocycles. The van der Waals surface area contributed by atoms with Gasteiger partial charge < -0.3 is 15.5 Å². The predicted octanol–water partition coefficient (Wildman–Crippen LogP) is 2.97. The Kier molecular flexibility index (Phi) is 10.4. The van der Waals surface area contributed by atoms with Crippen LogP contribution >= 0.6 is 24.0 Å². The highest BCUT2D eigenvalue weighted by atomic mass is 127. The van der Waals surface area contributed by atoms with Crippen LogP contribution in [0.3, 0.4) is 0 Å². The molecule has 2 aromatic carbocycles. The number of hydrogen-bond donors (Lipinski definition) is 2. The van der Waals surface area contributed by atoms with Crippen molar-refractivity contribution < 1.29 is 13.2 Å². The Labute approximate surface area is 202 Å². The molecule has 9 heteroatoms. The molecular formula is C22H31IN4O3S. The van der Waals surface area contributed by atoms with Crippen LogP contribution in [0.15, 0.2) is 52.4 Å². The molecule has 0 spiro atoms. The SMILES string of the molecule is CCNC(=NCc1ccc(S(C)(=O)=O)c(C)c1)NCc1ccc(C(=O)N(C)C)cc1.I. The molecule has 0 atom stereocenters. The molecule has 0 bridgehead atoms. The number of benzene rings is 2. The van der Waals surface area contributed by atoms with E-state index in [1.807, 2.05) is 37.3 Å². The quantitative estimate of drug-likeness (QED) is 0.310. The van der Waals surface area contributed by atoms with Gasteiger partial charge in [-0.1, -0.05) is 24.3 Å². The first kappa shape index (κ1) is 26.9. The van der Waals surface area contributed by atoms with E-state index in [1.165, 1.54) is 6.26 Å². The number of guanidine groups is 1. The Hall–Kier alpha value is -2.14. The molecule has 0 saturated carbocycles. The normalized spacial score (nSPS) is 11.5. The molecule has 0 radical (unpaired) electrons. The van der Waals surface area contributed by atoms with Gasteiger partial charge >= 0.3 is 0 Å². The minimum absolute atomic E-state index is 0. The zero-order valence-electron chi connectivity index (χ0n) is 18.6.